The molecule has 0 aliphatic heterocycles. The number of hydrogen-bond donors (Lipinski definition) is 0. The standard InChI is InChI=1S/C53H34S11.C5H10.2CH3.Co/c1-5-32(54-25-1)30-9-10-31(29-30)33-11-21-46(58-33)50-51(47-22-18-43(62-47)40-15-12-37(59-40)34-6-2-26-55-34)53(49-24-20-45(64-49)42-17-14-39(61-42)36-8-4-28-57-36)52(50)48-23-19-44(63-48)41-16-13-38(60-41)35-7-3-27-56-35;1-2-4-5-3-1;;;/h1-28,50-53H,29H2;1-5H2;2*1H3;/q;;2*-1;+2. The molecule has 0 N–H and O–H groups in total. The van der Waals surface area contributed by atoms with E-state index in [2.05, 4.69) is 167 Å². The Bertz CT molecular complexity index is 3360. The van der Waals surface area contributed by atoms with Crippen molar-refractivity contribution in [3.05, 3.63) is 211 Å². The van der Waals surface area contributed by atoms with Crippen molar-refractivity contribution in [2.45, 2.75) is 62.2 Å². The van der Waals surface area contributed by atoms with Gasteiger partial charge in [-0.2, -0.15) is 0 Å². The largest absolute Gasteiger partial charge is 2.00 e. The van der Waals surface area contributed by atoms with Crippen LogP contribution in [0.1, 0.15) is 91.5 Å². The van der Waals surface area contributed by atoms with Crippen LogP contribution in [-0.2, 0) is 16.8 Å². The van der Waals surface area contributed by atoms with Crippen molar-refractivity contribution in [3.8, 4) is 58.5 Å². The van der Waals surface area contributed by atoms with Crippen LogP contribution in [-0.4, -0.2) is 0 Å². The second kappa shape index (κ2) is 23.3. The molecule has 72 heavy (non-hydrogen) atoms. The molecule has 0 saturated heterocycles. The van der Waals surface area contributed by atoms with E-state index >= 15 is 0 Å². The zero-order valence-electron chi connectivity index (χ0n) is 39.5. The molecule has 11 aromatic heterocycles. The molecule has 0 spiro atoms. The van der Waals surface area contributed by atoms with E-state index in [4.69, 9.17) is 0 Å². The molecule has 0 amide bonds. The summed E-state index contributed by atoms with van der Waals surface area (Å²) in [7, 11) is 0. The van der Waals surface area contributed by atoms with Crippen molar-refractivity contribution in [3.63, 3.8) is 0 Å². The molecule has 2 fully saturated rings. The molecule has 2 unspecified atom stereocenters. The summed E-state index contributed by atoms with van der Waals surface area (Å²) in [5.74, 6) is 1.44. The summed E-state index contributed by atoms with van der Waals surface area (Å²) >= 11 is 21.2. The third-order valence-electron chi connectivity index (χ3n) is 13.5. The van der Waals surface area contributed by atoms with Crippen molar-refractivity contribution >= 4 is 136 Å². The molecule has 11 heterocycles. The average molecular weight is 1180 g/mol. The fourth-order valence-corrected chi connectivity index (χ4v) is 21.5. The van der Waals surface area contributed by atoms with Crippen LogP contribution in [0.4, 0.5) is 0 Å². The zero-order chi connectivity index (χ0) is 45.7. The van der Waals surface area contributed by atoms with Crippen LogP contribution >= 0.6 is 125 Å². The average Bonchev–Trinajstić information content (AvgIpc) is 4.20. The van der Waals surface area contributed by atoms with Crippen LogP contribution in [0, 0.1) is 14.9 Å². The number of rotatable bonds is 12. The van der Waals surface area contributed by atoms with Gasteiger partial charge in [0, 0.05) is 118 Å². The molecule has 365 valence electrons. The Hall–Kier alpha value is -3.31. The Morgan fingerprint density at radius 1 is 0.264 bits per heavy atom. The van der Waals surface area contributed by atoms with Gasteiger partial charge >= 0.3 is 16.8 Å². The molecule has 14 rings (SSSR count). The van der Waals surface area contributed by atoms with Gasteiger partial charge in [0.2, 0.25) is 0 Å². The fraction of sp³-hybridized carbons (Fsp3) is 0.167. The van der Waals surface area contributed by atoms with E-state index in [9.17, 15) is 0 Å². The van der Waals surface area contributed by atoms with Gasteiger partial charge in [-0.25, -0.2) is 0 Å². The summed E-state index contributed by atoms with van der Waals surface area (Å²) in [6.45, 7) is 0. The van der Waals surface area contributed by atoms with Crippen molar-refractivity contribution in [2.24, 2.45) is 0 Å². The second-order valence-electron chi connectivity index (χ2n) is 17.6. The van der Waals surface area contributed by atoms with Crippen LogP contribution < -0.4 is 0 Å². The maximum absolute atomic E-state index is 2.49. The van der Waals surface area contributed by atoms with Gasteiger partial charge in [0.05, 0.1) is 0 Å². The molecule has 2 atom stereocenters. The van der Waals surface area contributed by atoms with Crippen molar-refractivity contribution in [1.29, 1.82) is 0 Å². The van der Waals surface area contributed by atoms with Crippen LogP contribution in [0.2, 0.25) is 0 Å². The van der Waals surface area contributed by atoms with Crippen LogP contribution in [0.3, 0.4) is 0 Å². The van der Waals surface area contributed by atoms with Gasteiger partial charge in [-0.15, -0.1) is 125 Å². The minimum absolute atomic E-state index is 0. The van der Waals surface area contributed by atoms with Crippen molar-refractivity contribution in [1.82, 2.24) is 0 Å². The molecule has 3 aliphatic carbocycles. The Morgan fingerprint density at radius 3 is 0.833 bits per heavy atom. The van der Waals surface area contributed by atoms with Gasteiger partial charge in [0.25, 0.3) is 0 Å². The molecule has 12 heteroatoms. The number of hydrogen-bond acceptors (Lipinski definition) is 11. The minimum Gasteiger partial charge on any atom is -0.358 e. The first kappa shape index (κ1) is 52.1. The van der Waals surface area contributed by atoms with E-state index in [-0.39, 0.29) is 31.6 Å². The van der Waals surface area contributed by atoms with Crippen LogP contribution in [0.5, 0.6) is 0 Å². The number of allylic oxidation sites excluding steroid dienone is 4. The van der Waals surface area contributed by atoms with Gasteiger partial charge < -0.3 is 14.9 Å². The Kier molecular flexibility index (Phi) is 16.9. The molecular weight excluding hydrogens is 1130 g/mol. The first-order valence-corrected chi connectivity index (χ1v) is 32.7. The summed E-state index contributed by atoms with van der Waals surface area (Å²) < 4.78 is 0. The van der Waals surface area contributed by atoms with Gasteiger partial charge in [-0.05, 0) is 142 Å². The summed E-state index contributed by atoms with van der Waals surface area (Å²) in [6.07, 6.45) is 13.2. The zero-order valence-corrected chi connectivity index (χ0v) is 49.6. The molecule has 0 nitrogen and oxygen atoms in total. The minimum atomic E-state index is 0. The summed E-state index contributed by atoms with van der Waals surface area (Å²) in [6, 6.07) is 51.2. The van der Waals surface area contributed by atoms with Crippen LogP contribution in [0.15, 0.2) is 167 Å². The van der Waals surface area contributed by atoms with Crippen molar-refractivity contribution in [2.75, 3.05) is 0 Å². The summed E-state index contributed by atoms with van der Waals surface area (Å²) in [5.41, 5.74) is 2.88. The second-order valence-corrected chi connectivity index (χ2v) is 29.1. The first-order valence-electron chi connectivity index (χ1n) is 23.4. The Morgan fingerprint density at radius 2 is 0.514 bits per heavy atom. The summed E-state index contributed by atoms with van der Waals surface area (Å²) in [4.78, 5) is 25.2. The molecule has 0 aromatic carbocycles. The molecule has 0 bridgehead atoms. The Labute approximate surface area is 479 Å². The van der Waals surface area contributed by atoms with E-state index in [0.717, 1.165) is 6.42 Å². The van der Waals surface area contributed by atoms with Gasteiger partial charge in [-0.1, -0.05) is 68.5 Å². The monoisotopic (exact) mass is 1180 g/mol. The molecular formula is C60H50CoS11. The quantitative estimate of drug-likeness (QED) is 0.107. The van der Waals surface area contributed by atoms with E-state index < -0.39 is 0 Å². The number of thiophene rings is 11. The smallest absolute Gasteiger partial charge is 0.358 e. The molecule has 2 saturated carbocycles. The predicted molar refractivity (Wildman–Crippen MR) is 329 cm³/mol. The maximum Gasteiger partial charge on any atom is 2.00 e. The van der Waals surface area contributed by atoms with E-state index in [1.54, 1.807) is 0 Å². The third kappa shape index (κ3) is 10.5. The molecule has 1 radical (unpaired) electrons. The summed E-state index contributed by atoms with van der Waals surface area (Å²) in [5, 5.41) is 8.73. The Balaban J connectivity index is 0.000000705. The van der Waals surface area contributed by atoms with E-state index in [1.807, 2.05) is 125 Å². The van der Waals surface area contributed by atoms with Gasteiger partial charge in [-0.3, -0.25) is 0 Å². The van der Waals surface area contributed by atoms with Crippen LogP contribution in [0.25, 0.3) is 69.7 Å². The molecule has 3 aliphatic rings. The predicted octanol–water partition coefficient (Wildman–Crippen LogP) is 23.5. The first-order chi connectivity index (χ1) is 34.2. The van der Waals surface area contributed by atoms with Gasteiger partial charge in [0.1, 0.15) is 0 Å². The maximum atomic E-state index is 2.49. The van der Waals surface area contributed by atoms with Gasteiger partial charge in [0.15, 0.2) is 0 Å². The van der Waals surface area contributed by atoms with E-state index in [1.165, 1.54) is 131 Å². The fourth-order valence-electron chi connectivity index (χ4n) is 10.1. The SMILES string of the molecule is C1=C(c2cccs2)CC(c2ccc(C3C(c4ccc(-c5ccc(-c6cccs6)s5)s4)C(c4ccc(-c5ccc(-c6cccs6)s5)s4)C3c3ccc(-c4ccc(-c5cccs5)s4)s3)s2)=C1.C1CCCC1.[CH3-].[CH3-].[Co+2]. The topological polar surface area (TPSA) is 0 Å². The normalized spacial score (nSPS) is 18.1. The van der Waals surface area contributed by atoms with E-state index in [0.29, 0.717) is 23.7 Å². The third-order valence-corrected chi connectivity index (χ3v) is 26.3. The molecule has 11 aromatic rings. The van der Waals surface area contributed by atoms with Crippen molar-refractivity contribution < 1.29 is 16.8 Å².